The third kappa shape index (κ3) is 8.07. The minimum absolute atomic E-state index is 0.137. The molecule has 0 heterocycles. The maximum atomic E-state index is 12.3. The van der Waals surface area contributed by atoms with E-state index in [2.05, 4.69) is 5.43 Å². The van der Waals surface area contributed by atoms with E-state index in [1.54, 1.807) is 55.4 Å². The molecule has 0 spiro atoms. The topological polar surface area (TPSA) is 88.1 Å². The second-order valence-corrected chi connectivity index (χ2v) is 7.72. The van der Waals surface area contributed by atoms with Crippen molar-refractivity contribution in [1.82, 2.24) is 10.4 Å². The van der Waals surface area contributed by atoms with E-state index in [1.807, 2.05) is 0 Å². The molecule has 0 bridgehead atoms. The van der Waals surface area contributed by atoms with Crippen LogP contribution in [0.4, 0.5) is 9.59 Å². The molecular weight excluding hydrogens is 288 g/mol. The summed E-state index contributed by atoms with van der Waals surface area (Å²) in [5.74, 6) is 0. The Balaban J connectivity index is 5.18. The molecule has 0 aromatic heterocycles. The van der Waals surface area contributed by atoms with Gasteiger partial charge in [-0.3, -0.25) is 0 Å². The predicted molar refractivity (Wildman–Crippen MR) is 83.2 cm³/mol. The Morgan fingerprint density at radius 3 is 1.77 bits per heavy atom. The van der Waals surface area contributed by atoms with Crippen molar-refractivity contribution in [2.75, 3.05) is 6.61 Å². The molecule has 0 unspecified atom stereocenters. The summed E-state index contributed by atoms with van der Waals surface area (Å²) in [5, 5.41) is 10.2. The fourth-order valence-corrected chi connectivity index (χ4v) is 1.53. The lowest BCUT2D eigenvalue weighted by Crippen LogP contribution is -2.59. The largest absolute Gasteiger partial charge is 0.443 e. The number of ether oxygens (including phenoxy) is 2. The Kier molecular flexibility index (Phi) is 6.69. The fourth-order valence-electron chi connectivity index (χ4n) is 1.53. The minimum Gasteiger partial charge on any atom is -0.443 e. The number of nitrogens with one attached hydrogen (secondary N) is 1. The van der Waals surface area contributed by atoms with Gasteiger partial charge in [-0.25, -0.2) is 20.0 Å². The van der Waals surface area contributed by atoms with E-state index < -0.39 is 28.9 Å². The Bertz CT molecular complexity index is 394. The van der Waals surface area contributed by atoms with Crippen LogP contribution in [0.2, 0.25) is 0 Å². The van der Waals surface area contributed by atoms with Crippen LogP contribution in [0.15, 0.2) is 0 Å². The summed E-state index contributed by atoms with van der Waals surface area (Å²) >= 11 is 0. The molecular formula is C15H30N2O5. The minimum atomic E-state index is -0.839. The molecule has 0 aliphatic heterocycles. The molecule has 0 aromatic carbocycles. The van der Waals surface area contributed by atoms with Gasteiger partial charge in [0.25, 0.3) is 0 Å². The summed E-state index contributed by atoms with van der Waals surface area (Å²) in [6.45, 7) is 13.7. The molecule has 0 rings (SSSR count). The average molecular weight is 318 g/mol. The van der Waals surface area contributed by atoms with Crippen molar-refractivity contribution in [3.63, 3.8) is 0 Å². The summed E-state index contributed by atoms with van der Waals surface area (Å²) in [4.78, 5) is 24.3. The normalized spacial score (nSPS) is 12.6. The van der Waals surface area contributed by atoms with Gasteiger partial charge < -0.3 is 14.6 Å². The third-order valence-corrected chi connectivity index (χ3v) is 2.51. The van der Waals surface area contributed by atoms with Gasteiger partial charge >= 0.3 is 12.2 Å². The van der Waals surface area contributed by atoms with E-state index >= 15 is 0 Å². The van der Waals surface area contributed by atoms with Crippen LogP contribution in [-0.4, -0.2) is 45.6 Å². The van der Waals surface area contributed by atoms with Gasteiger partial charge in [0.05, 0.1) is 5.54 Å². The van der Waals surface area contributed by atoms with Gasteiger partial charge in [-0.1, -0.05) is 0 Å². The monoisotopic (exact) mass is 318 g/mol. The van der Waals surface area contributed by atoms with Gasteiger partial charge in [-0.15, -0.1) is 0 Å². The Morgan fingerprint density at radius 2 is 1.41 bits per heavy atom. The number of hydrogen-bond acceptors (Lipinski definition) is 5. The van der Waals surface area contributed by atoms with Gasteiger partial charge in [-0.2, -0.15) is 0 Å². The first-order chi connectivity index (χ1) is 9.68. The molecule has 0 atom stereocenters. The van der Waals surface area contributed by atoms with E-state index in [4.69, 9.17) is 14.6 Å². The van der Waals surface area contributed by atoms with Crippen molar-refractivity contribution in [2.24, 2.45) is 0 Å². The Hall–Kier alpha value is -1.50. The van der Waals surface area contributed by atoms with E-state index in [1.165, 1.54) is 0 Å². The van der Waals surface area contributed by atoms with Crippen molar-refractivity contribution < 1.29 is 24.2 Å². The van der Waals surface area contributed by atoms with Crippen molar-refractivity contribution in [3.8, 4) is 0 Å². The number of carbonyl (C=O) groups is 2. The fraction of sp³-hybridized carbons (Fsp3) is 0.867. The van der Waals surface area contributed by atoms with Crippen molar-refractivity contribution in [2.45, 2.75) is 78.6 Å². The number of amides is 2. The molecule has 0 radical (unpaired) electrons. The molecule has 2 amide bonds. The molecule has 22 heavy (non-hydrogen) atoms. The Labute approximate surface area is 132 Å². The number of aliphatic hydroxyl groups is 1. The van der Waals surface area contributed by atoms with Gasteiger partial charge in [-0.05, 0) is 61.8 Å². The Morgan fingerprint density at radius 1 is 0.955 bits per heavy atom. The summed E-state index contributed by atoms with van der Waals surface area (Å²) < 4.78 is 10.5. The van der Waals surface area contributed by atoms with Crippen molar-refractivity contribution >= 4 is 12.2 Å². The van der Waals surface area contributed by atoms with Gasteiger partial charge in [0.1, 0.15) is 11.2 Å². The molecule has 130 valence electrons. The van der Waals surface area contributed by atoms with E-state index in [-0.39, 0.29) is 13.0 Å². The molecule has 0 aliphatic carbocycles. The maximum Gasteiger partial charge on any atom is 0.429 e. The van der Waals surface area contributed by atoms with E-state index in [9.17, 15) is 9.59 Å². The first-order valence-corrected chi connectivity index (χ1v) is 7.32. The molecule has 0 saturated heterocycles. The summed E-state index contributed by atoms with van der Waals surface area (Å²) in [6, 6.07) is 0. The molecule has 0 fully saturated rings. The van der Waals surface area contributed by atoms with E-state index in [0.717, 1.165) is 5.01 Å². The van der Waals surface area contributed by atoms with Gasteiger partial charge in [0, 0.05) is 6.61 Å². The number of aliphatic hydroxyl groups excluding tert-OH is 1. The van der Waals surface area contributed by atoms with E-state index in [0.29, 0.717) is 0 Å². The van der Waals surface area contributed by atoms with Crippen LogP contribution in [0.1, 0.15) is 61.8 Å². The third-order valence-electron chi connectivity index (χ3n) is 2.51. The second-order valence-electron chi connectivity index (χ2n) is 7.72. The standard InChI is InChI=1S/C15H30N2O5/c1-13(2,3)21-11(19)16-17(15(7,8)9-10-18)12(20)22-14(4,5)6/h18H,9-10H2,1-8H3,(H,16,19). The number of carbonyl (C=O) groups excluding carboxylic acids is 2. The highest BCUT2D eigenvalue weighted by atomic mass is 16.6. The highest BCUT2D eigenvalue weighted by Gasteiger charge is 2.36. The summed E-state index contributed by atoms with van der Waals surface area (Å²) in [7, 11) is 0. The first-order valence-electron chi connectivity index (χ1n) is 7.32. The highest BCUT2D eigenvalue weighted by Crippen LogP contribution is 2.20. The number of nitrogens with zero attached hydrogens (tertiary/aromatic N) is 1. The lowest BCUT2D eigenvalue weighted by atomic mass is 10.0. The SMILES string of the molecule is CC(C)(C)OC(=O)NN(C(=O)OC(C)(C)C)C(C)(C)CCO. The molecule has 0 aliphatic rings. The molecule has 0 saturated carbocycles. The molecule has 7 heteroatoms. The van der Waals surface area contributed by atoms with Crippen LogP contribution in [0.25, 0.3) is 0 Å². The number of rotatable bonds is 3. The first kappa shape index (κ1) is 20.5. The quantitative estimate of drug-likeness (QED) is 0.781. The lowest BCUT2D eigenvalue weighted by molar-refractivity contribution is -0.0288. The summed E-state index contributed by atoms with van der Waals surface area (Å²) in [6.07, 6.45) is -1.21. The van der Waals surface area contributed by atoms with Crippen molar-refractivity contribution in [3.05, 3.63) is 0 Å². The molecule has 2 N–H and O–H groups in total. The molecule has 0 aromatic rings. The van der Waals surface area contributed by atoms with Crippen LogP contribution in [0, 0.1) is 0 Å². The highest BCUT2D eigenvalue weighted by molar-refractivity contribution is 5.75. The zero-order valence-electron chi connectivity index (χ0n) is 14.9. The number of hydrazine groups is 1. The zero-order chi connectivity index (χ0) is 17.8. The molecule has 7 nitrogen and oxygen atoms in total. The van der Waals surface area contributed by atoms with Crippen LogP contribution < -0.4 is 5.43 Å². The predicted octanol–water partition coefficient (Wildman–Crippen LogP) is 2.82. The van der Waals surface area contributed by atoms with Crippen LogP contribution in [-0.2, 0) is 9.47 Å². The van der Waals surface area contributed by atoms with Gasteiger partial charge in [0.15, 0.2) is 0 Å². The average Bonchev–Trinajstić information content (AvgIpc) is 2.20. The van der Waals surface area contributed by atoms with Crippen molar-refractivity contribution in [1.29, 1.82) is 0 Å². The lowest BCUT2D eigenvalue weighted by Gasteiger charge is -2.38. The summed E-state index contributed by atoms with van der Waals surface area (Å²) in [5.41, 5.74) is 0.170. The van der Waals surface area contributed by atoms with Crippen LogP contribution in [0.3, 0.4) is 0 Å². The van der Waals surface area contributed by atoms with Crippen LogP contribution >= 0.6 is 0 Å². The van der Waals surface area contributed by atoms with Crippen LogP contribution in [0.5, 0.6) is 0 Å². The zero-order valence-corrected chi connectivity index (χ0v) is 14.9. The number of hydrogen-bond donors (Lipinski definition) is 2. The maximum absolute atomic E-state index is 12.3. The van der Waals surface area contributed by atoms with Gasteiger partial charge in [0.2, 0.25) is 0 Å². The second kappa shape index (κ2) is 7.17. The smallest absolute Gasteiger partial charge is 0.429 e.